The Bertz CT molecular complexity index is 5130. The molecular weight excluding hydrogens is 1520 g/mol. The molecule has 14 rings (SSSR count). The maximum absolute atomic E-state index is 5.77. The Morgan fingerprint density at radius 3 is 0.760 bits per heavy atom. The minimum atomic E-state index is -0.346. The molecule has 0 N–H and O–H groups in total. The molecule has 0 saturated carbocycles. The van der Waals surface area contributed by atoms with Crippen LogP contribution in [0.4, 0.5) is 34.1 Å². The van der Waals surface area contributed by atoms with Gasteiger partial charge in [0.2, 0.25) is 0 Å². The number of unbranched alkanes of at least 4 members (excludes halogenated alkanes) is 30. The van der Waals surface area contributed by atoms with Gasteiger partial charge in [-0.25, -0.2) is 0 Å². The average Bonchev–Trinajstić information content (AvgIpc) is 1.56. The smallest absolute Gasteiger partial charge is 0.0932 e. The molecule has 6 aromatic heterocycles. The van der Waals surface area contributed by atoms with E-state index in [2.05, 4.69) is 280 Å². The number of anilines is 6. The topological polar surface area (TPSA) is 83.8 Å². The Kier molecular flexibility index (Phi) is 33.3. The highest BCUT2D eigenvalue weighted by Crippen LogP contribution is 2.59. The zero-order chi connectivity index (χ0) is 86.8. The average molecular weight is 1670 g/mol. The van der Waals surface area contributed by atoms with Crippen LogP contribution in [0.25, 0.3) is 67.5 Å². The second kappa shape index (κ2) is 45.3. The maximum Gasteiger partial charge on any atom is 0.0932 e. The highest BCUT2D eigenvalue weighted by atomic mass is 15.2. The van der Waals surface area contributed by atoms with Crippen LogP contribution in [0.3, 0.4) is 0 Å². The number of aryl methyl sites for hydroxylation is 2. The van der Waals surface area contributed by atoms with Gasteiger partial charge in [-0.1, -0.05) is 383 Å². The van der Waals surface area contributed by atoms with Crippen LogP contribution in [0, 0.1) is 13.8 Å². The van der Waals surface area contributed by atoms with E-state index >= 15 is 0 Å². The molecular formula is C117H150N8. The Hall–Kier alpha value is -9.40. The summed E-state index contributed by atoms with van der Waals surface area (Å²) in [5.41, 5.74) is 31.4. The number of hydrogen-bond acceptors (Lipinski definition) is 8. The van der Waals surface area contributed by atoms with Gasteiger partial charge in [-0.05, 0) is 199 Å². The van der Waals surface area contributed by atoms with E-state index in [9.17, 15) is 0 Å². The molecule has 125 heavy (non-hydrogen) atoms. The van der Waals surface area contributed by atoms with E-state index in [1.807, 2.05) is 0 Å². The van der Waals surface area contributed by atoms with Gasteiger partial charge >= 0.3 is 0 Å². The van der Waals surface area contributed by atoms with Gasteiger partial charge in [0.25, 0.3) is 0 Å². The van der Waals surface area contributed by atoms with E-state index in [1.54, 1.807) is 0 Å². The van der Waals surface area contributed by atoms with Crippen molar-refractivity contribution < 1.29 is 0 Å². The Morgan fingerprint density at radius 2 is 0.472 bits per heavy atom. The van der Waals surface area contributed by atoms with E-state index in [-0.39, 0.29) is 16.2 Å². The van der Waals surface area contributed by atoms with Gasteiger partial charge in [0.05, 0.1) is 57.9 Å². The van der Waals surface area contributed by atoms with Gasteiger partial charge in [0.1, 0.15) is 0 Å². The number of nitrogens with zero attached hydrogens (tertiary/aromatic N) is 8. The van der Waals surface area contributed by atoms with Crippen molar-refractivity contribution in [2.75, 3.05) is 9.80 Å². The Balaban J connectivity index is 0.841. The first-order valence-electron chi connectivity index (χ1n) is 50.5. The summed E-state index contributed by atoms with van der Waals surface area (Å²) < 4.78 is 0. The lowest BCUT2D eigenvalue weighted by Crippen LogP contribution is -2.26. The van der Waals surface area contributed by atoms with E-state index in [0.717, 1.165) is 132 Å². The fourth-order valence-corrected chi connectivity index (χ4v) is 21.5. The quantitative estimate of drug-likeness (QED) is 0.0349. The Morgan fingerprint density at radius 1 is 0.232 bits per heavy atom. The first kappa shape index (κ1) is 91.8. The van der Waals surface area contributed by atoms with Gasteiger partial charge in [0, 0.05) is 80.5 Å². The molecule has 1 unspecified atom stereocenters. The SMILES string of the molecule is CCCCCCCCC1(CCCCCCCC)c2cc(-c3ccccc3)cnc2-c2ncc(-c3ccc(N(c4ccc(C)cc4)c4cnc5c(c4)C(CCCCCCCC)(CCCCCCCC)c4cc(N(c6ccc(C)cc6)c6ccc(-c7cnc8c(c7)C(CCCCCCCC)(CCCCCCCC)c7cc(C(C)CC)cnc7-8)cc6)cnc4-5)cc3)cc21. The van der Waals surface area contributed by atoms with Crippen LogP contribution in [-0.2, 0) is 16.2 Å². The highest BCUT2D eigenvalue weighted by Gasteiger charge is 2.48. The van der Waals surface area contributed by atoms with E-state index in [1.165, 1.54) is 296 Å². The zero-order valence-electron chi connectivity index (χ0n) is 78.6. The second-order valence-corrected chi connectivity index (χ2v) is 38.2. The largest absolute Gasteiger partial charge is 0.309 e. The van der Waals surface area contributed by atoms with Gasteiger partial charge in [-0.3, -0.25) is 29.9 Å². The molecule has 0 aliphatic heterocycles. The van der Waals surface area contributed by atoms with Crippen LogP contribution in [0.1, 0.15) is 387 Å². The summed E-state index contributed by atoms with van der Waals surface area (Å²) in [4.78, 5) is 38.4. The molecule has 3 aliphatic rings. The van der Waals surface area contributed by atoms with Crippen LogP contribution < -0.4 is 9.80 Å². The van der Waals surface area contributed by atoms with Crippen molar-refractivity contribution in [3.05, 3.63) is 251 Å². The monoisotopic (exact) mass is 1670 g/mol. The van der Waals surface area contributed by atoms with Crippen molar-refractivity contribution in [1.29, 1.82) is 0 Å². The minimum Gasteiger partial charge on any atom is -0.309 e. The van der Waals surface area contributed by atoms with Crippen molar-refractivity contribution in [1.82, 2.24) is 29.9 Å². The summed E-state index contributed by atoms with van der Waals surface area (Å²) in [6.07, 6.45) is 65.8. The first-order chi connectivity index (χ1) is 61.4. The molecule has 6 heterocycles. The van der Waals surface area contributed by atoms with Crippen LogP contribution in [0.2, 0.25) is 0 Å². The molecule has 658 valence electrons. The van der Waals surface area contributed by atoms with Crippen molar-refractivity contribution in [2.45, 2.75) is 367 Å². The fraction of sp³-hybridized carbons (Fsp3) is 0.487. The third kappa shape index (κ3) is 21.4. The molecule has 5 aromatic carbocycles. The first-order valence-corrected chi connectivity index (χ1v) is 50.5. The molecule has 0 amide bonds. The summed E-state index contributed by atoms with van der Waals surface area (Å²) in [6, 6.07) is 63.4. The van der Waals surface area contributed by atoms with Crippen molar-refractivity contribution >= 4 is 34.1 Å². The Labute approximate surface area is 755 Å². The molecule has 0 fully saturated rings. The molecule has 0 bridgehead atoms. The standard InChI is InChI=1S/C117H150N8/c1-11-18-24-30-36-45-69-115(70-46-37-31-25-19-12-2)103-75-93(89(10)17-7)81-118-109(103)110-105(115)77-95(83-120-110)91-57-65-99(66-58-91)124(97-61-53-87(8)54-62-97)101-79-107-113(122-85-101)114-108(117(107,73-49-40-34-28-22-15-5)74-50-41-35-29-23-16-6)80-102(86-123-114)125(98-63-55-88(9)56-64-98)100-67-59-92(60-68-100)96-78-106-112(121-84-96)111-104(76-94(82-119-111)90-51-43-42-44-52-90)116(106,71-47-38-32-26-20-13-3)72-48-39-33-27-21-14-4/h42-44,51-68,75-86,89H,11-41,45-50,69-74H2,1-10H3. The lowest BCUT2D eigenvalue weighted by molar-refractivity contribution is 0.397. The molecule has 11 aromatic rings. The molecule has 0 spiro atoms. The highest BCUT2D eigenvalue weighted by molar-refractivity contribution is 5.88. The van der Waals surface area contributed by atoms with Gasteiger partial charge < -0.3 is 9.80 Å². The summed E-state index contributed by atoms with van der Waals surface area (Å²) >= 11 is 0. The van der Waals surface area contributed by atoms with Crippen LogP contribution in [-0.4, -0.2) is 29.9 Å². The third-order valence-corrected chi connectivity index (χ3v) is 29.1. The van der Waals surface area contributed by atoms with Gasteiger partial charge in [-0.15, -0.1) is 0 Å². The number of aromatic nitrogens is 6. The normalized spacial score (nSPS) is 13.8. The van der Waals surface area contributed by atoms with E-state index in [0.29, 0.717) is 5.92 Å². The van der Waals surface area contributed by atoms with Crippen LogP contribution in [0.5, 0.6) is 0 Å². The number of fused-ring (bicyclic) bond motifs is 9. The fourth-order valence-electron chi connectivity index (χ4n) is 21.5. The number of hydrogen-bond donors (Lipinski definition) is 0. The lowest BCUT2D eigenvalue weighted by atomic mass is 9.70. The summed E-state index contributed by atoms with van der Waals surface area (Å²) in [5.74, 6) is 0.445. The molecule has 8 heteroatoms. The van der Waals surface area contributed by atoms with Crippen LogP contribution in [0.15, 0.2) is 201 Å². The van der Waals surface area contributed by atoms with Gasteiger partial charge in [-0.2, -0.15) is 0 Å². The summed E-state index contributed by atoms with van der Waals surface area (Å²) in [6.45, 7) is 23.1. The molecule has 1 atom stereocenters. The van der Waals surface area contributed by atoms with E-state index < -0.39 is 0 Å². The molecule has 0 radical (unpaired) electrons. The molecule has 3 aliphatic carbocycles. The molecule has 0 saturated heterocycles. The van der Waals surface area contributed by atoms with Crippen LogP contribution >= 0.6 is 0 Å². The van der Waals surface area contributed by atoms with Crippen molar-refractivity contribution in [3.8, 4) is 67.5 Å². The summed E-state index contributed by atoms with van der Waals surface area (Å²) in [5, 5.41) is 0. The predicted molar refractivity (Wildman–Crippen MR) is 534 cm³/mol. The van der Waals surface area contributed by atoms with Gasteiger partial charge in [0.15, 0.2) is 0 Å². The van der Waals surface area contributed by atoms with E-state index in [4.69, 9.17) is 29.9 Å². The minimum absolute atomic E-state index is 0.134. The number of rotatable bonds is 53. The third-order valence-electron chi connectivity index (χ3n) is 29.1. The number of benzene rings is 5. The summed E-state index contributed by atoms with van der Waals surface area (Å²) in [7, 11) is 0. The lowest BCUT2D eigenvalue weighted by Gasteiger charge is -2.34. The van der Waals surface area contributed by atoms with Crippen molar-refractivity contribution in [2.24, 2.45) is 0 Å². The number of pyridine rings is 6. The zero-order valence-corrected chi connectivity index (χ0v) is 78.6. The molecule has 8 nitrogen and oxygen atoms in total. The van der Waals surface area contributed by atoms with Crippen molar-refractivity contribution in [3.63, 3.8) is 0 Å². The second-order valence-electron chi connectivity index (χ2n) is 38.2. The maximum atomic E-state index is 5.77. The predicted octanol–water partition coefficient (Wildman–Crippen LogP) is 35.4.